The van der Waals surface area contributed by atoms with E-state index < -0.39 is 0 Å². The van der Waals surface area contributed by atoms with E-state index in [-0.39, 0.29) is 6.04 Å². The zero-order chi connectivity index (χ0) is 12.1. The van der Waals surface area contributed by atoms with Crippen LogP contribution in [0.15, 0.2) is 15.9 Å². The van der Waals surface area contributed by atoms with Crippen molar-refractivity contribution < 1.29 is 0 Å². The Balaban J connectivity index is 2.03. The van der Waals surface area contributed by atoms with E-state index in [4.69, 9.17) is 5.73 Å². The van der Waals surface area contributed by atoms with Crippen LogP contribution in [-0.4, -0.2) is 6.04 Å². The van der Waals surface area contributed by atoms with Gasteiger partial charge in [-0.25, -0.2) is 0 Å². The first-order valence-electron chi connectivity index (χ1n) is 5.75. The summed E-state index contributed by atoms with van der Waals surface area (Å²) >= 11 is 5.29. The lowest BCUT2D eigenvalue weighted by Crippen LogP contribution is -2.28. The summed E-state index contributed by atoms with van der Waals surface area (Å²) in [6.45, 7) is 9.34. The molecule has 0 saturated heterocycles. The zero-order valence-electron chi connectivity index (χ0n) is 10.4. The average Bonchev–Trinajstić information content (AvgIpc) is 2.44. The van der Waals surface area contributed by atoms with Gasteiger partial charge >= 0.3 is 0 Å². The van der Waals surface area contributed by atoms with Crippen molar-refractivity contribution in [2.45, 2.75) is 40.2 Å². The van der Waals surface area contributed by atoms with Gasteiger partial charge in [-0.15, -0.1) is 11.3 Å². The Labute approximate surface area is 111 Å². The molecule has 0 spiro atoms. The number of rotatable bonds is 3. The molecular formula is C13H20BrNS. The van der Waals surface area contributed by atoms with Crippen molar-refractivity contribution in [2.75, 3.05) is 0 Å². The predicted molar refractivity (Wildman–Crippen MR) is 74.8 cm³/mol. The van der Waals surface area contributed by atoms with Gasteiger partial charge in [-0.3, -0.25) is 0 Å². The molecule has 1 aliphatic carbocycles. The van der Waals surface area contributed by atoms with E-state index in [9.17, 15) is 0 Å². The van der Waals surface area contributed by atoms with Crippen LogP contribution in [0.3, 0.4) is 0 Å². The molecule has 1 heterocycles. The lowest BCUT2D eigenvalue weighted by molar-refractivity contribution is 0.457. The Morgan fingerprint density at radius 3 is 2.31 bits per heavy atom. The summed E-state index contributed by atoms with van der Waals surface area (Å²) < 4.78 is 1.18. The molecule has 2 rings (SSSR count). The second-order valence-electron chi connectivity index (χ2n) is 6.02. The minimum Gasteiger partial charge on any atom is -0.327 e. The Morgan fingerprint density at radius 1 is 1.38 bits per heavy atom. The topological polar surface area (TPSA) is 26.0 Å². The smallest absolute Gasteiger partial charge is 0.0285 e. The minimum atomic E-state index is 0.288. The average molecular weight is 302 g/mol. The van der Waals surface area contributed by atoms with Crippen molar-refractivity contribution in [1.29, 1.82) is 0 Å². The van der Waals surface area contributed by atoms with Crippen LogP contribution in [0.2, 0.25) is 0 Å². The Kier molecular flexibility index (Phi) is 3.01. The van der Waals surface area contributed by atoms with Gasteiger partial charge in [0.15, 0.2) is 0 Å². The van der Waals surface area contributed by atoms with Crippen LogP contribution in [0.1, 0.15) is 32.6 Å². The van der Waals surface area contributed by atoms with Gasteiger partial charge in [-0.05, 0) is 45.2 Å². The van der Waals surface area contributed by atoms with Crippen LogP contribution in [0.4, 0.5) is 0 Å². The van der Waals surface area contributed by atoms with Crippen molar-refractivity contribution in [3.8, 4) is 0 Å². The standard InChI is InChI=1S/C13H20BrNS/c1-12(2)11(13(12,3)4)10(15)6-9-5-8(14)7-16-9/h5,7,10-11H,6,15H2,1-4H3. The maximum Gasteiger partial charge on any atom is 0.0285 e. The molecule has 0 aliphatic heterocycles. The Bertz CT molecular complexity index is 380. The van der Waals surface area contributed by atoms with Crippen LogP contribution in [0.5, 0.6) is 0 Å². The summed E-state index contributed by atoms with van der Waals surface area (Å²) in [5.41, 5.74) is 7.14. The molecule has 1 fully saturated rings. The molecule has 1 aromatic rings. The third-order valence-corrected chi connectivity index (χ3v) is 6.34. The van der Waals surface area contributed by atoms with Gasteiger partial charge in [-0.2, -0.15) is 0 Å². The van der Waals surface area contributed by atoms with E-state index in [1.807, 2.05) is 0 Å². The third-order valence-electron chi connectivity index (χ3n) is 4.62. The van der Waals surface area contributed by atoms with Gasteiger partial charge in [-0.1, -0.05) is 27.7 Å². The second-order valence-corrected chi connectivity index (χ2v) is 7.93. The number of thiophene rings is 1. The monoisotopic (exact) mass is 301 g/mol. The van der Waals surface area contributed by atoms with Gasteiger partial charge in [0.05, 0.1) is 0 Å². The SMILES string of the molecule is CC1(C)C(C(N)Cc2cc(Br)cs2)C1(C)C. The van der Waals surface area contributed by atoms with E-state index in [0.717, 1.165) is 6.42 Å². The van der Waals surface area contributed by atoms with E-state index >= 15 is 0 Å². The van der Waals surface area contributed by atoms with Crippen LogP contribution >= 0.6 is 27.3 Å². The largest absolute Gasteiger partial charge is 0.327 e. The molecule has 0 aromatic carbocycles. The molecule has 0 amide bonds. The first kappa shape index (κ1) is 12.6. The summed E-state index contributed by atoms with van der Waals surface area (Å²) in [7, 11) is 0. The van der Waals surface area contributed by atoms with Gasteiger partial charge in [0.2, 0.25) is 0 Å². The van der Waals surface area contributed by atoms with Crippen LogP contribution in [-0.2, 0) is 6.42 Å². The van der Waals surface area contributed by atoms with Gasteiger partial charge in [0.25, 0.3) is 0 Å². The van der Waals surface area contributed by atoms with E-state index in [1.54, 1.807) is 11.3 Å². The maximum atomic E-state index is 6.36. The first-order chi connectivity index (χ1) is 7.26. The molecule has 1 unspecified atom stereocenters. The van der Waals surface area contributed by atoms with Crippen molar-refractivity contribution in [3.05, 3.63) is 20.8 Å². The molecule has 0 bridgehead atoms. The fourth-order valence-corrected chi connectivity index (χ4v) is 4.65. The van der Waals surface area contributed by atoms with Crippen LogP contribution in [0.25, 0.3) is 0 Å². The molecular weight excluding hydrogens is 282 g/mol. The lowest BCUT2D eigenvalue weighted by Gasteiger charge is -2.12. The van der Waals surface area contributed by atoms with Crippen LogP contribution in [0, 0.1) is 16.7 Å². The molecule has 3 heteroatoms. The molecule has 0 radical (unpaired) electrons. The molecule has 2 N–H and O–H groups in total. The van der Waals surface area contributed by atoms with E-state index in [0.29, 0.717) is 16.7 Å². The fraction of sp³-hybridized carbons (Fsp3) is 0.692. The number of hydrogen-bond donors (Lipinski definition) is 1. The van der Waals surface area contributed by atoms with Crippen LogP contribution < -0.4 is 5.73 Å². The molecule has 1 saturated carbocycles. The molecule has 1 aliphatic rings. The number of hydrogen-bond acceptors (Lipinski definition) is 2. The molecule has 16 heavy (non-hydrogen) atoms. The zero-order valence-corrected chi connectivity index (χ0v) is 12.8. The molecule has 1 atom stereocenters. The van der Waals surface area contributed by atoms with Crippen molar-refractivity contribution in [1.82, 2.24) is 0 Å². The molecule has 90 valence electrons. The van der Waals surface area contributed by atoms with Crippen molar-refractivity contribution >= 4 is 27.3 Å². The Morgan fingerprint density at radius 2 is 1.94 bits per heavy atom. The van der Waals surface area contributed by atoms with Gasteiger partial charge in [0, 0.05) is 20.8 Å². The molecule has 1 nitrogen and oxygen atoms in total. The number of halogens is 1. The van der Waals surface area contributed by atoms with Crippen molar-refractivity contribution in [3.63, 3.8) is 0 Å². The second kappa shape index (κ2) is 3.82. The highest BCUT2D eigenvalue weighted by Gasteiger charge is 2.66. The lowest BCUT2D eigenvalue weighted by atomic mass is 10.0. The quantitative estimate of drug-likeness (QED) is 0.895. The summed E-state index contributed by atoms with van der Waals surface area (Å²) in [6, 6.07) is 2.47. The highest BCUT2D eigenvalue weighted by atomic mass is 79.9. The van der Waals surface area contributed by atoms with E-state index in [2.05, 4.69) is 55.1 Å². The molecule has 1 aromatic heterocycles. The summed E-state index contributed by atoms with van der Waals surface area (Å²) in [4.78, 5) is 1.39. The van der Waals surface area contributed by atoms with Gasteiger partial charge < -0.3 is 5.73 Å². The predicted octanol–water partition coefficient (Wildman–Crippen LogP) is 4.06. The van der Waals surface area contributed by atoms with Gasteiger partial charge in [0.1, 0.15) is 0 Å². The summed E-state index contributed by atoms with van der Waals surface area (Å²) in [5.74, 6) is 0.640. The highest BCUT2D eigenvalue weighted by Crippen LogP contribution is 2.69. The normalized spacial score (nSPS) is 24.4. The third kappa shape index (κ3) is 1.87. The fourth-order valence-electron chi connectivity index (χ4n) is 3.13. The highest BCUT2D eigenvalue weighted by molar-refractivity contribution is 9.10. The Hall–Kier alpha value is 0.140. The number of nitrogens with two attached hydrogens (primary N) is 1. The summed E-state index contributed by atoms with van der Waals surface area (Å²) in [5, 5.41) is 2.13. The first-order valence-corrected chi connectivity index (χ1v) is 7.42. The maximum absolute atomic E-state index is 6.36. The van der Waals surface area contributed by atoms with E-state index in [1.165, 1.54) is 9.35 Å². The minimum absolute atomic E-state index is 0.288. The van der Waals surface area contributed by atoms with Crippen molar-refractivity contribution in [2.24, 2.45) is 22.5 Å². The summed E-state index contributed by atoms with van der Waals surface area (Å²) in [6.07, 6.45) is 1.01.